The second-order valence-electron chi connectivity index (χ2n) is 2.86. The molecular weight excluding hydrogens is 204 g/mol. The fraction of sp³-hybridized carbons (Fsp3) is 0.417. The van der Waals surface area contributed by atoms with E-state index in [-0.39, 0.29) is 0 Å². The Hall–Kier alpha value is -1.55. The summed E-state index contributed by atoms with van der Waals surface area (Å²) in [6, 6.07) is 6.06. The van der Waals surface area contributed by atoms with Crippen molar-refractivity contribution < 1.29 is 10.3 Å². The smallest absolute Gasteiger partial charge is 0.0404 e. The molecule has 0 aliphatic carbocycles. The summed E-state index contributed by atoms with van der Waals surface area (Å²) in [5, 5.41) is 17.1. The van der Waals surface area contributed by atoms with Gasteiger partial charge in [-0.15, -0.1) is 5.16 Å². The van der Waals surface area contributed by atoms with E-state index in [0.717, 1.165) is 19.2 Å². The number of benzene rings is 1. The third-order valence-electron chi connectivity index (χ3n) is 1.98. The first-order valence-electron chi connectivity index (χ1n) is 5.08. The first-order chi connectivity index (χ1) is 7.67. The van der Waals surface area contributed by atoms with Crippen molar-refractivity contribution in [3.05, 3.63) is 29.3 Å². The summed E-state index contributed by atoms with van der Waals surface area (Å²) in [5.41, 5.74) is 9.17. The minimum Gasteiger partial charge on any atom is -0.411 e. The summed E-state index contributed by atoms with van der Waals surface area (Å²) in [6.07, 6.45) is 2.37. The molecule has 4 heteroatoms. The van der Waals surface area contributed by atoms with Gasteiger partial charge in [-0.05, 0) is 37.5 Å². The summed E-state index contributed by atoms with van der Waals surface area (Å²) in [7, 11) is 1.00. The number of aryl methyl sites for hydroxylation is 1. The Morgan fingerprint density at radius 1 is 1.38 bits per heavy atom. The van der Waals surface area contributed by atoms with Gasteiger partial charge in [-0.25, -0.2) is 0 Å². The molecule has 0 bridgehead atoms. The molecule has 92 valence electrons. The number of oxime groups is 1. The number of nitrogen functional groups attached to an aromatic ring is 1. The number of rotatable bonds is 1. The summed E-state index contributed by atoms with van der Waals surface area (Å²) in [6.45, 7) is 5.84. The van der Waals surface area contributed by atoms with Crippen LogP contribution in [-0.2, 0) is 6.42 Å². The van der Waals surface area contributed by atoms with Gasteiger partial charge in [-0.3, -0.25) is 0 Å². The van der Waals surface area contributed by atoms with Crippen LogP contribution < -0.4 is 5.73 Å². The lowest BCUT2D eigenvalue weighted by Gasteiger charge is -2.04. The molecule has 1 aromatic rings. The second kappa shape index (κ2) is 11.5. The number of hydrogen-bond acceptors (Lipinski definition) is 4. The van der Waals surface area contributed by atoms with Gasteiger partial charge in [-0.2, -0.15) is 0 Å². The maximum absolute atomic E-state index is 7.44. The van der Waals surface area contributed by atoms with Gasteiger partial charge in [0.1, 0.15) is 0 Å². The molecule has 1 rings (SSSR count). The second-order valence-corrected chi connectivity index (χ2v) is 2.86. The monoisotopic (exact) mass is 226 g/mol. The number of aliphatic hydroxyl groups is 1. The van der Waals surface area contributed by atoms with Gasteiger partial charge in [0.25, 0.3) is 0 Å². The van der Waals surface area contributed by atoms with Crippen molar-refractivity contribution in [2.45, 2.75) is 27.2 Å². The van der Waals surface area contributed by atoms with E-state index in [4.69, 9.17) is 16.0 Å². The Labute approximate surface area is 97.4 Å². The van der Waals surface area contributed by atoms with Crippen LogP contribution in [0, 0.1) is 6.92 Å². The molecule has 4 nitrogen and oxygen atoms in total. The molecule has 0 unspecified atom stereocenters. The van der Waals surface area contributed by atoms with E-state index < -0.39 is 0 Å². The van der Waals surface area contributed by atoms with Crippen LogP contribution in [0.15, 0.2) is 23.4 Å². The highest BCUT2D eigenvalue weighted by molar-refractivity contribution is 5.51. The zero-order valence-corrected chi connectivity index (χ0v) is 10.4. The highest BCUT2D eigenvalue weighted by Crippen LogP contribution is 2.15. The highest BCUT2D eigenvalue weighted by Gasteiger charge is 1.96. The fourth-order valence-corrected chi connectivity index (χ4v) is 1.09. The van der Waals surface area contributed by atoms with Gasteiger partial charge in [0.15, 0.2) is 0 Å². The van der Waals surface area contributed by atoms with Crippen LogP contribution in [0.1, 0.15) is 25.0 Å². The van der Waals surface area contributed by atoms with E-state index >= 15 is 0 Å². The van der Waals surface area contributed by atoms with Crippen LogP contribution in [0.5, 0.6) is 0 Å². The van der Waals surface area contributed by atoms with Gasteiger partial charge >= 0.3 is 0 Å². The van der Waals surface area contributed by atoms with Crippen LogP contribution in [0.4, 0.5) is 5.69 Å². The van der Waals surface area contributed by atoms with Crippen molar-refractivity contribution in [3.63, 3.8) is 0 Å². The highest BCUT2D eigenvalue weighted by atomic mass is 16.4. The molecule has 0 saturated heterocycles. The first kappa shape index (κ1) is 16.9. The molecule has 0 atom stereocenters. The average Bonchev–Trinajstić information content (AvgIpc) is 2.35. The molecular formula is C12H22N2O2. The average molecular weight is 226 g/mol. The molecule has 0 heterocycles. The molecule has 1 aromatic carbocycles. The zero-order valence-electron chi connectivity index (χ0n) is 10.4. The van der Waals surface area contributed by atoms with E-state index in [9.17, 15) is 0 Å². The van der Waals surface area contributed by atoms with E-state index in [1.165, 1.54) is 17.3 Å². The van der Waals surface area contributed by atoms with Crippen LogP contribution in [0.2, 0.25) is 0 Å². The SMILES string of the molecule is CC=NO.CCc1cccc(N)c1C.CO. The summed E-state index contributed by atoms with van der Waals surface area (Å²) < 4.78 is 0. The minimum absolute atomic E-state index is 0.902. The molecule has 0 aliphatic rings. The summed E-state index contributed by atoms with van der Waals surface area (Å²) >= 11 is 0. The Kier molecular flexibility index (Phi) is 12.1. The number of hydrogen-bond donors (Lipinski definition) is 3. The van der Waals surface area contributed by atoms with Crippen LogP contribution in [0.25, 0.3) is 0 Å². The summed E-state index contributed by atoms with van der Waals surface area (Å²) in [4.78, 5) is 0. The molecule has 16 heavy (non-hydrogen) atoms. The normalized spacial score (nSPS) is 8.81. The Bertz CT molecular complexity index is 295. The van der Waals surface area contributed by atoms with Crippen molar-refractivity contribution in [2.75, 3.05) is 12.8 Å². The standard InChI is InChI=1S/C9H13N.C2H5NO.CH4O/c1-3-8-5-4-6-9(10)7(8)2;1-2-3-4;1-2/h4-6H,3,10H2,1-2H3;2,4H,1H3;2H,1H3. The van der Waals surface area contributed by atoms with Crippen molar-refractivity contribution >= 4 is 11.9 Å². The van der Waals surface area contributed by atoms with E-state index in [1.807, 2.05) is 12.1 Å². The topological polar surface area (TPSA) is 78.8 Å². The number of anilines is 1. The Morgan fingerprint density at radius 3 is 2.19 bits per heavy atom. The lowest BCUT2D eigenvalue weighted by molar-refractivity contribution is 0.321. The largest absolute Gasteiger partial charge is 0.411 e. The van der Waals surface area contributed by atoms with Crippen molar-refractivity contribution in [2.24, 2.45) is 5.16 Å². The minimum atomic E-state index is 0.902. The molecule has 0 radical (unpaired) electrons. The molecule has 0 spiro atoms. The van der Waals surface area contributed by atoms with Crippen molar-refractivity contribution in [1.82, 2.24) is 0 Å². The van der Waals surface area contributed by atoms with Gasteiger partial charge < -0.3 is 16.0 Å². The fourth-order valence-electron chi connectivity index (χ4n) is 1.09. The van der Waals surface area contributed by atoms with E-state index in [0.29, 0.717) is 0 Å². The molecule has 4 N–H and O–H groups in total. The maximum atomic E-state index is 7.44. The third kappa shape index (κ3) is 6.84. The molecule has 0 saturated carbocycles. The predicted molar refractivity (Wildman–Crippen MR) is 69.1 cm³/mol. The predicted octanol–water partition coefficient (Wildman–Crippen LogP) is 2.21. The number of nitrogens with zero attached hydrogens (tertiary/aromatic N) is 1. The molecule has 0 fully saturated rings. The van der Waals surface area contributed by atoms with E-state index in [1.54, 1.807) is 6.92 Å². The summed E-state index contributed by atoms with van der Waals surface area (Å²) in [5.74, 6) is 0. The van der Waals surface area contributed by atoms with E-state index in [2.05, 4.69) is 25.1 Å². The van der Waals surface area contributed by atoms with Gasteiger partial charge in [-0.1, -0.05) is 19.1 Å². The number of aliphatic hydroxyl groups excluding tert-OH is 1. The quantitative estimate of drug-likeness (QED) is 0.297. The van der Waals surface area contributed by atoms with Gasteiger partial charge in [0, 0.05) is 19.0 Å². The zero-order chi connectivity index (χ0) is 13.0. The first-order valence-corrected chi connectivity index (χ1v) is 5.08. The lowest BCUT2D eigenvalue weighted by atomic mass is 10.1. The third-order valence-corrected chi connectivity index (χ3v) is 1.98. The van der Waals surface area contributed by atoms with Gasteiger partial charge in [0.05, 0.1) is 0 Å². The maximum Gasteiger partial charge on any atom is 0.0404 e. The van der Waals surface area contributed by atoms with Gasteiger partial charge in [0.2, 0.25) is 0 Å². The van der Waals surface area contributed by atoms with Crippen molar-refractivity contribution in [3.8, 4) is 0 Å². The Balaban J connectivity index is 0. The van der Waals surface area contributed by atoms with Crippen LogP contribution >= 0.6 is 0 Å². The van der Waals surface area contributed by atoms with Crippen molar-refractivity contribution in [1.29, 1.82) is 0 Å². The van der Waals surface area contributed by atoms with Crippen LogP contribution in [-0.4, -0.2) is 23.6 Å². The van der Waals surface area contributed by atoms with Crippen LogP contribution in [0.3, 0.4) is 0 Å². The molecule has 0 amide bonds. The molecule has 0 aromatic heterocycles. The number of nitrogens with two attached hydrogens (primary N) is 1. The Morgan fingerprint density at radius 2 is 1.88 bits per heavy atom. The lowest BCUT2D eigenvalue weighted by Crippen LogP contribution is -1.93. The molecule has 0 aliphatic heterocycles.